The lowest BCUT2D eigenvalue weighted by Gasteiger charge is -2.12. The molecule has 80 valence electrons. The fourth-order valence-electron chi connectivity index (χ4n) is 1.22. The Morgan fingerprint density at radius 1 is 1.14 bits per heavy atom. The van der Waals surface area contributed by atoms with E-state index in [4.69, 9.17) is 28.9 Å². The van der Waals surface area contributed by atoms with Crippen LogP contribution in [0.3, 0.4) is 0 Å². The van der Waals surface area contributed by atoms with Gasteiger partial charge in [-0.05, 0) is 19.4 Å². The third-order valence-corrected chi connectivity index (χ3v) is 3.18. The van der Waals surface area contributed by atoms with Gasteiger partial charge in [0.25, 0.3) is 0 Å². The van der Waals surface area contributed by atoms with Crippen molar-refractivity contribution in [2.24, 2.45) is 5.73 Å². The Morgan fingerprint density at radius 3 is 2.07 bits per heavy atom. The second-order valence-electron chi connectivity index (χ2n) is 2.91. The van der Waals surface area contributed by atoms with Crippen LogP contribution in [0.4, 0.5) is 0 Å². The highest BCUT2D eigenvalue weighted by atomic mass is 79.9. The first kappa shape index (κ1) is 14.0. The topological polar surface area (TPSA) is 46.2 Å². The SMILES string of the molecule is Br.Cc1c(O)c(CN)c(Cl)c(C)c1Cl. The van der Waals surface area contributed by atoms with Crippen LogP contribution in [0.15, 0.2) is 0 Å². The van der Waals surface area contributed by atoms with Gasteiger partial charge >= 0.3 is 0 Å². The molecule has 0 radical (unpaired) electrons. The van der Waals surface area contributed by atoms with E-state index in [1.54, 1.807) is 13.8 Å². The molecule has 0 aliphatic rings. The zero-order valence-corrected chi connectivity index (χ0v) is 11.1. The van der Waals surface area contributed by atoms with Crippen LogP contribution in [-0.2, 0) is 6.54 Å². The van der Waals surface area contributed by atoms with Crippen molar-refractivity contribution in [3.05, 3.63) is 26.7 Å². The van der Waals surface area contributed by atoms with Gasteiger partial charge in [0.2, 0.25) is 0 Å². The lowest BCUT2D eigenvalue weighted by atomic mass is 10.1. The molecule has 0 bridgehead atoms. The van der Waals surface area contributed by atoms with Crippen molar-refractivity contribution >= 4 is 40.2 Å². The average Bonchev–Trinajstić information content (AvgIpc) is 2.13. The molecule has 0 saturated carbocycles. The van der Waals surface area contributed by atoms with Crippen LogP contribution in [-0.4, -0.2) is 5.11 Å². The van der Waals surface area contributed by atoms with E-state index in [2.05, 4.69) is 0 Å². The van der Waals surface area contributed by atoms with E-state index in [1.807, 2.05) is 0 Å². The minimum Gasteiger partial charge on any atom is -0.507 e. The highest BCUT2D eigenvalue weighted by Gasteiger charge is 2.15. The Labute approximate surface area is 104 Å². The van der Waals surface area contributed by atoms with Crippen LogP contribution < -0.4 is 5.73 Å². The minimum atomic E-state index is 0. The third-order valence-electron chi connectivity index (χ3n) is 2.10. The fraction of sp³-hybridized carbons (Fsp3) is 0.333. The van der Waals surface area contributed by atoms with E-state index in [9.17, 15) is 5.11 Å². The van der Waals surface area contributed by atoms with Crippen LogP contribution in [0.2, 0.25) is 10.0 Å². The predicted octanol–water partition coefficient (Wildman–Crippen LogP) is 3.35. The number of hydrogen-bond acceptors (Lipinski definition) is 2. The largest absolute Gasteiger partial charge is 0.507 e. The number of aromatic hydroxyl groups is 1. The van der Waals surface area contributed by atoms with Crippen molar-refractivity contribution in [2.45, 2.75) is 20.4 Å². The van der Waals surface area contributed by atoms with Crippen molar-refractivity contribution in [2.75, 3.05) is 0 Å². The van der Waals surface area contributed by atoms with Gasteiger partial charge in [-0.15, -0.1) is 17.0 Å². The van der Waals surface area contributed by atoms with Crippen molar-refractivity contribution in [3.63, 3.8) is 0 Å². The Morgan fingerprint density at radius 2 is 1.64 bits per heavy atom. The van der Waals surface area contributed by atoms with Gasteiger partial charge in [0, 0.05) is 17.7 Å². The highest BCUT2D eigenvalue weighted by Crippen LogP contribution is 2.37. The molecule has 0 fully saturated rings. The van der Waals surface area contributed by atoms with Crippen LogP contribution in [0.25, 0.3) is 0 Å². The van der Waals surface area contributed by atoms with Crippen molar-refractivity contribution in [3.8, 4) is 5.75 Å². The Bertz CT molecular complexity index is 326. The van der Waals surface area contributed by atoms with E-state index in [-0.39, 0.29) is 29.3 Å². The molecule has 0 amide bonds. The molecular weight excluding hydrogens is 289 g/mol. The molecule has 0 saturated heterocycles. The molecule has 3 N–H and O–H groups in total. The number of hydrogen-bond donors (Lipinski definition) is 2. The molecule has 14 heavy (non-hydrogen) atoms. The van der Waals surface area contributed by atoms with Gasteiger partial charge in [0.1, 0.15) is 5.75 Å². The smallest absolute Gasteiger partial charge is 0.125 e. The van der Waals surface area contributed by atoms with Crippen molar-refractivity contribution < 1.29 is 5.11 Å². The maximum absolute atomic E-state index is 9.63. The zero-order valence-electron chi connectivity index (χ0n) is 7.90. The lowest BCUT2D eigenvalue weighted by molar-refractivity contribution is 0.464. The second-order valence-corrected chi connectivity index (χ2v) is 3.67. The highest BCUT2D eigenvalue weighted by molar-refractivity contribution is 8.93. The molecule has 0 unspecified atom stereocenters. The summed E-state index contributed by atoms with van der Waals surface area (Å²) in [5.74, 6) is 0.100. The third kappa shape index (κ3) is 2.16. The van der Waals surface area contributed by atoms with E-state index in [1.165, 1.54) is 0 Å². The van der Waals surface area contributed by atoms with Crippen LogP contribution in [0, 0.1) is 13.8 Å². The quantitative estimate of drug-likeness (QED) is 0.835. The number of phenolic OH excluding ortho intramolecular Hbond substituents is 1. The molecule has 0 aromatic heterocycles. The standard InChI is InChI=1S/C9H11Cl2NO.BrH/c1-4-7(10)5(2)9(13)6(3-12)8(4)11;/h13H,3,12H2,1-2H3;1H. The first-order valence-corrected chi connectivity index (χ1v) is 4.62. The van der Waals surface area contributed by atoms with Gasteiger partial charge in [-0.2, -0.15) is 0 Å². The first-order chi connectivity index (χ1) is 6.00. The summed E-state index contributed by atoms with van der Waals surface area (Å²) in [5, 5.41) is 10.6. The van der Waals surface area contributed by atoms with Gasteiger partial charge in [-0.25, -0.2) is 0 Å². The van der Waals surface area contributed by atoms with Crippen LogP contribution >= 0.6 is 40.2 Å². The molecule has 0 atom stereocenters. The molecule has 2 nitrogen and oxygen atoms in total. The molecule has 0 aliphatic heterocycles. The number of phenols is 1. The van der Waals surface area contributed by atoms with Crippen LogP contribution in [0.5, 0.6) is 5.75 Å². The first-order valence-electron chi connectivity index (χ1n) is 3.86. The normalized spacial score (nSPS) is 9.79. The van der Waals surface area contributed by atoms with Gasteiger partial charge in [-0.3, -0.25) is 0 Å². The Kier molecular flexibility index (Phi) is 5.23. The average molecular weight is 301 g/mol. The molecular formula is C9H12BrCl2NO. The second kappa shape index (κ2) is 5.21. The van der Waals surface area contributed by atoms with Gasteiger partial charge in [-0.1, -0.05) is 23.2 Å². The summed E-state index contributed by atoms with van der Waals surface area (Å²) in [6.07, 6.45) is 0. The van der Waals surface area contributed by atoms with Gasteiger partial charge < -0.3 is 10.8 Å². The number of nitrogens with two attached hydrogens (primary N) is 1. The summed E-state index contributed by atoms with van der Waals surface area (Å²) < 4.78 is 0. The number of benzene rings is 1. The van der Waals surface area contributed by atoms with E-state index in [0.29, 0.717) is 21.2 Å². The lowest BCUT2D eigenvalue weighted by Crippen LogP contribution is -2.01. The molecule has 1 aromatic carbocycles. The summed E-state index contributed by atoms with van der Waals surface area (Å²) in [6, 6.07) is 0. The van der Waals surface area contributed by atoms with Crippen molar-refractivity contribution in [1.82, 2.24) is 0 Å². The summed E-state index contributed by atoms with van der Waals surface area (Å²) in [6.45, 7) is 3.75. The molecule has 1 aromatic rings. The maximum atomic E-state index is 9.63. The number of halogens is 3. The fourth-order valence-corrected chi connectivity index (χ4v) is 1.72. The summed E-state index contributed by atoms with van der Waals surface area (Å²) >= 11 is 11.9. The van der Waals surface area contributed by atoms with E-state index < -0.39 is 0 Å². The molecule has 0 spiro atoms. The Hall–Kier alpha value is 0.0400. The summed E-state index contributed by atoms with van der Waals surface area (Å²) in [4.78, 5) is 0. The Balaban J connectivity index is 0.00000169. The minimum absolute atomic E-state index is 0. The maximum Gasteiger partial charge on any atom is 0.125 e. The molecule has 0 aliphatic carbocycles. The van der Waals surface area contributed by atoms with E-state index in [0.717, 1.165) is 5.56 Å². The van der Waals surface area contributed by atoms with Gasteiger partial charge in [0.15, 0.2) is 0 Å². The molecule has 1 rings (SSSR count). The predicted molar refractivity (Wildman–Crippen MR) is 65.8 cm³/mol. The summed E-state index contributed by atoms with van der Waals surface area (Å²) in [7, 11) is 0. The van der Waals surface area contributed by atoms with Gasteiger partial charge in [0.05, 0.1) is 10.0 Å². The zero-order chi connectivity index (χ0) is 10.2. The van der Waals surface area contributed by atoms with Crippen molar-refractivity contribution in [1.29, 1.82) is 0 Å². The molecule has 5 heteroatoms. The van der Waals surface area contributed by atoms with E-state index >= 15 is 0 Å². The number of rotatable bonds is 1. The van der Waals surface area contributed by atoms with Crippen LogP contribution in [0.1, 0.15) is 16.7 Å². The summed E-state index contributed by atoms with van der Waals surface area (Å²) in [5.41, 5.74) is 7.40. The molecule has 0 heterocycles. The monoisotopic (exact) mass is 299 g/mol.